The number of amides is 2. The van der Waals surface area contributed by atoms with Gasteiger partial charge in [0.2, 0.25) is 5.91 Å². The van der Waals surface area contributed by atoms with Gasteiger partial charge in [-0.1, -0.05) is 42.5 Å². The summed E-state index contributed by atoms with van der Waals surface area (Å²) in [7, 11) is 0. The molecular formula is C27H21N3O4S. The van der Waals surface area contributed by atoms with Crippen LogP contribution >= 0.6 is 11.8 Å². The average Bonchev–Trinajstić information content (AvgIpc) is 2.89. The monoisotopic (exact) mass is 483 g/mol. The van der Waals surface area contributed by atoms with E-state index in [1.165, 1.54) is 23.9 Å². The lowest BCUT2D eigenvalue weighted by atomic mass is 10.1. The van der Waals surface area contributed by atoms with Gasteiger partial charge in [0, 0.05) is 28.7 Å². The standard InChI is InChI=1S/C27H21N3O4S/c31-25(22-8-4-5-9-23(22)27(33)34)29-19-10-12-21(13-11-19)35-24(18-6-2-1-3-7-18)26(32)30-20-14-16-28-17-15-20/h1-17,24H,(H,29,31)(H,33,34)(H,28,30,32). The Balaban J connectivity index is 1.49. The van der Waals surface area contributed by atoms with Gasteiger partial charge in [-0.05, 0) is 54.1 Å². The Bertz CT molecular complexity index is 1330. The van der Waals surface area contributed by atoms with Crippen molar-refractivity contribution in [3.05, 3.63) is 120 Å². The van der Waals surface area contributed by atoms with Gasteiger partial charge < -0.3 is 15.7 Å². The number of carbonyl (C=O) groups is 3. The molecule has 174 valence electrons. The Labute approximate surface area is 206 Å². The second kappa shape index (κ2) is 11.1. The van der Waals surface area contributed by atoms with Crippen LogP contribution in [0.2, 0.25) is 0 Å². The number of hydrogen-bond acceptors (Lipinski definition) is 5. The molecule has 1 heterocycles. The number of carbonyl (C=O) groups excluding carboxylic acids is 2. The number of pyridine rings is 1. The fourth-order valence-electron chi connectivity index (χ4n) is 3.36. The van der Waals surface area contributed by atoms with Crippen LogP contribution in [0.25, 0.3) is 0 Å². The number of rotatable bonds is 8. The molecule has 7 nitrogen and oxygen atoms in total. The molecule has 8 heteroatoms. The van der Waals surface area contributed by atoms with Crippen LogP contribution in [-0.2, 0) is 4.79 Å². The normalized spacial score (nSPS) is 11.3. The summed E-state index contributed by atoms with van der Waals surface area (Å²) < 4.78 is 0. The van der Waals surface area contributed by atoms with Crippen molar-refractivity contribution in [2.24, 2.45) is 0 Å². The third kappa shape index (κ3) is 6.13. The molecule has 3 N–H and O–H groups in total. The first-order valence-corrected chi connectivity index (χ1v) is 11.6. The number of anilines is 2. The summed E-state index contributed by atoms with van der Waals surface area (Å²) in [5.41, 5.74) is 2.04. The summed E-state index contributed by atoms with van der Waals surface area (Å²) in [6, 6.07) is 26.0. The molecule has 0 fully saturated rings. The average molecular weight is 484 g/mol. The summed E-state index contributed by atoms with van der Waals surface area (Å²) in [5.74, 6) is -1.85. The van der Waals surface area contributed by atoms with E-state index in [2.05, 4.69) is 15.6 Å². The number of benzene rings is 3. The van der Waals surface area contributed by atoms with Gasteiger partial charge >= 0.3 is 5.97 Å². The van der Waals surface area contributed by atoms with Crippen molar-refractivity contribution in [3.63, 3.8) is 0 Å². The van der Waals surface area contributed by atoms with E-state index in [4.69, 9.17) is 0 Å². The minimum absolute atomic E-state index is 0.0666. The minimum Gasteiger partial charge on any atom is -0.478 e. The Morgan fingerprint density at radius 1 is 0.714 bits per heavy atom. The molecule has 0 bridgehead atoms. The van der Waals surface area contributed by atoms with E-state index in [0.29, 0.717) is 11.4 Å². The van der Waals surface area contributed by atoms with E-state index >= 15 is 0 Å². The molecule has 1 unspecified atom stereocenters. The van der Waals surface area contributed by atoms with Gasteiger partial charge in [-0.3, -0.25) is 14.6 Å². The van der Waals surface area contributed by atoms with Crippen LogP contribution in [-0.4, -0.2) is 27.9 Å². The smallest absolute Gasteiger partial charge is 0.336 e. The third-order valence-electron chi connectivity index (χ3n) is 5.06. The van der Waals surface area contributed by atoms with E-state index in [1.807, 2.05) is 30.3 Å². The molecule has 0 spiro atoms. The first kappa shape index (κ1) is 23.7. The molecule has 0 aliphatic rings. The van der Waals surface area contributed by atoms with Crippen LogP contribution in [0.3, 0.4) is 0 Å². The number of carboxylic acid groups (broad SMARTS) is 1. The molecule has 3 aromatic carbocycles. The maximum Gasteiger partial charge on any atom is 0.336 e. The number of aromatic nitrogens is 1. The molecule has 4 rings (SSSR count). The van der Waals surface area contributed by atoms with Gasteiger partial charge in [0.15, 0.2) is 0 Å². The number of hydrogen-bond donors (Lipinski definition) is 3. The fourth-order valence-corrected chi connectivity index (χ4v) is 4.39. The minimum atomic E-state index is -1.17. The summed E-state index contributed by atoms with van der Waals surface area (Å²) in [4.78, 5) is 41.9. The molecule has 4 aromatic rings. The molecule has 0 aliphatic heterocycles. The zero-order valence-electron chi connectivity index (χ0n) is 18.4. The van der Waals surface area contributed by atoms with E-state index in [-0.39, 0.29) is 17.0 Å². The van der Waals surface area contributed by atoms with Gasteiger partial charge in [-0.25, -0.2) is 4.79 Å². The first-order valence-electron chi connectivity index (χ1n) is 10.7. The number of aromatic carboxylic acids is 1. The van der Waals surface area contributed by atoms with Gasteiger partial charge in [-0.2, -0.15) is 0 Å². The SMILES string of the molecule is O=C(O)c1ccccc1C(=O)Nc1ccc(SC(C(=O)Nc2ccncc2)c2ccccc2)cc1. The van der Waals surface area contributed by atoms with Crippen molar-refractivity contribution in [1.29, 1.82) is 0 Å². The van der Waals surface area contributed by atoms with Crippen LogP contribution < -0.4 is 10.6 Å². The molecule has 1 aromatic heterocycles. The van der Waals surface area contributed by atoms with Crippen LogP contribution in [0.15, 0.2) is 108 Å². The Kier molecular flexibility index (Phi) is 7.54. The van der Waals surface area contributed by atoms with Gasteiger partial charge in [-0.15, -0.1) is 11.8 Å². The summed E-state index contributed by atoms with van der Waals surface area (Å²) in [6.45, 7) is 0. The largest absolute Gasteiger partial charge is 0.478 e. The second-order valence-electron chi connectivity index (χ2n) is 7.46. The quantitative estimate of drug-likeness (QED) is 0.286. The van der Waals surface area contributed by atoms with Crippen molar-refractivity contribution in [2.45, 2.75) is 10.1 Å². The highest BCUT2D eigenvalue weighted by Gasteiger charge is 2.22. The molecule has 2 amide bonds. The lowest BCUT2D eigenvalue weighted by Gasteiger charge is -2.17. The van der Waals surface area contributed by atoms with Crippen molar-refractivity contribution in [1.82, 2.24) is 4.98 Å². The van der Waals surface area contributed by atoms with Crippen LogP contribution in [0, 0.1) is 0 Å². The zero-order chi connectivity index (χ0) is 24.6. The summed E-state index contributed by atoms with van der Waals surface area (Å²) >= 11 is 1.38. The summed E-state index contributed by atoms with van der Waals surface area (Å²) in [5, 5.41) is 14.5. The number of nitrogens with zero attached hydrogens (tertiary/aromatic N) is 1. The predicted octanol–water partition coefficient (Wildman–Crippen LogP) is 5.50. The Hall–Kier alpha value is -4.43. The van der Waals surface area contributed by atoms with E-state index < -0.39 is 17.1 Å². The molecule has 0 radical (unpaired) electrons. The Morgan fingerprint density at radius 2 is 1.31 bits per heavy atom. The van der Waals surface area contributed by atoms with E-state index in [1.54, 1.807) is 60.9 Å². The number of thioether (sulfide) groups is 1. The van der Waals surface area contributed by atoms with E-state index in [9.17, 15) is 19.5 Å². The second-order valence-corrected chi connectivity index (χ2v) is 8.64. The van der Waals surface area contributed by atoms with E-state index in [0.717, 1.165) is 10.5 Å². The lowest BCUT2D eigenvalue weighted by molar-refractivity contribution is -0.115. The molecular weight excluding hydrogens is 462 g/mol. The highest BCUT2D eigenvalue weighted by molar-refractivity contribution is 8.00. The molecule has 1 atom stereocenters. The molecule has 0 saturated carbocycles. The molecule has 0 saturated heterocycles. The molecule has 0 aliphatic carbocycles. The highest BCUT2D eigenvalue weighted by atomic mass is 32.2. The first-order chi connectivity index (χ1) is 17.0. The van der Waals surface area contributed by atoms with Crippen LogP contribution in [0.1, 0.15) is 31.5 Å². The van der Waals surface area contributed by atoms with Crippen molar-refractivity contribution >= 4 is 40.9 Å². The van der Waals surface area contributed by atoms with Crippen molar-refractivity contribution in [3.8, 4) is 0 Å². The van der Waals surface area contributed by atoms with Crippen molar-refractivity contribution < 1.29 is 19.5 Å². The maximum atomic E-state index is 13.1. The predicted molar refractivity (Wildman–Crippen MR) is 136 cm³/mol. The highest BCUT2D eigenvalue weighted by Crippen LogP contribution is 2.36. The van der Waals surface area contributed by atoms with Gasteiger partial charge in [0.25, 0.3) is 5.91 Å². The maximum absolute atomic E-state index is 13.1. The summed E-state index contributed by atoms with van der Waals surface area (Å²) in [6.07, 6.45) is 3.23. The number of nitrogens with one attached hydrogen (secondary N) is 2. The third-order valence-corrected chi connectivity index (χ3v) is 6.32. The number of carboxylic acids is 1. The van der Waals surface area contributed by atoms with Crippen molar-refractivity contribution in [2.75, 3.05) is 10.6 Å². The van der Waals surface area contributed by atoms with Crippen LogP contribution in [0.5, 0.6) is 0 Å². The molecule has 35 heavy (non-hydrogen) atoms. The Morgan fingerprint density at radius 3 is 1.97 bits per heavy atom. The fraction of sp³-hybridized carbons (Fsp3) is 0.0370. The van der Waals surface area contributed by atoms with Gasteiger partial charge in [0.05, 0.1) is 11.1 Å². The van der Waals surface area contributed by atoms with Gasteiger partial charge in [0.1, 0.15) is 5.25 Å². The lowest BCUT2D eigenvalue weighted by Crippen LogP contribution is -2.19. The zero-order valence-corrected chi connectivity index (χ0v) is 19.2. The topological polar surface area (TPSA) is 108 Å². The van der Waals surface area contributed by atoms with Crippen LogP contribution in [0.4, 0.5) is 11.4 Å².